The quantitative estimate of drug-likeness (QED) is 0.722. The van der Waals surface area contributed by atoms with Gasteiger partial charge in [0.15, 0.2) is 0 Å². The van der Waals surface area contributed by atoms with Crippen molar-refractivity contribution in [2.75, 3.05) is 13.8 Å². The Morgan fingerprint density at radius 3 is 2.16 bits per heavy atom. The Morgan fingerprint density at radius 2 is 1.56 bits per heavy atom. The molecule has 1 atom stereocenters. The molecule has 2 rings (SSSR count). The van der Waals surface area contributed by atoms with Crippen LogP contribution in [0.1, 0.15) is 11.1 Å². The van der Waals surface area contributed by atoms with Crippen molar-refractivity contribution in [3.05, 3.63) is 71.8 Å². The van der Waals surface area contributed by atoms with E-state index >= 15 is 0 Å². The Hall–Kier alpha value is -2.86. The summed E-state index contributed by atoms with van der Waals surface area (Å²) in [6, 6.07) is 18.0. The highest BCUT2D eigenvalue weighted by Crippen LogP contribution is 2.05. The van der Waals surface area contributed by atoms with Crippen LogP contribution in [0.3, 0.4) is 0 Å². The molecular formula is C19H22N2O4. The fourth-order valence-corrected chi connectivity index (χ4v) is 2.23. The number of rotatable bonds is 8. The fraction of sp³-hybridized carbons (Fsp3) is 0.263. The molecule has 0 aliphatic rings. The van der Waals surface area contributed by atoms with Gasteiger partial charge < -0.3 is 20.1 Å². The number of alkyl carbamates (subject to hydrolysis) is 1. The Balaban J connectivity index is 1.94. The highest BCUT2D eigenvalue weighted by Gasteiger charge is 2.21. The minimum atomic E-state index is -0.749. The van der Waals surface area contributed by atoms with Crippen LogP contribution >= 0.6 is 0 Å². The molecule has 0 aliphatic carbocycles. The van der Waals surface area contributed by atoms with Crippen LogP contribution in [0.5, 0.6) is 0 Å². The molecule has 0 bridgehead atoms. The smallest absolute Gasteiger partial charge is 0.408 e. The number of carbonyl (C=O) groups is 2. The predicted molar refractivity (Wildman–Crippen MR) is 93.7 cm³/mol. The van der Waals surface area contributed by atoms with Gasteiger partial charge in [-0.3, -0.25) is 4.79 Å². The second-order valence-electron chi connectivity index (χ2n) is 5.42. The Kier molecular flexibility index (Phi) is 7.46. The van der Waals surface area contributed by atoms with Crippen molar-refractivity contribution in [2.24, 2.45) is 0 Å². The number of amides is 2. The lowest BCUT2D eigenvalue weighted by atomic mass is 10.1. The maximum Gasteiger partial charge on any atom is 0.408 e. The zero-order valence-corrected chi connectivity index (χ0v) is 14.1. The monoisotopic (exact) mass is 342 g/mol. The summed E-state index contributed by atoms with van der Waals surface area (Å²) < 4.78 is 10.0. The molecular weight excluding hydrogens is 320 g/mol. The fourth-order valence-electron chi connectivity index (χ4n) is 2.23. The first-order chi connectivity index (χ1) is 12.2. The molecule has 0 saturated carbocycles. The largest absolute Gasteiger partial charge is 0.445 e. The summed E-state index contributed by atoms with van der Waals surface area (Å²) in [5.41, 5.74) is 1.81. The molecule has 0 aliphatic heterocycles. The third kappa shape index (κ3) is 6.64. The van der Waals surface area contributed by atoms with Crippen LogP contribution in [-0.2, 0) is 27.3 Å². The van der Waals surface area contributed by atoms with Gasteiger partial charge in [-0.25, -0.2) is 4.79 Å². The van der Waals surface area contributed by atoms with Crippen LogP contribution in [0.4, 0.5) is 4.79 Å². The van der Waals surface area contributed by atoms with Gasteiger partial charge in [-0.05, 0) is 11.1 Å². The van der Waals surface area contributed by atoms with E-state index in [2.05, 4.69) is 10.6 Å². The number of ether oxygens (including phenoxy) is 2. The average Bonchev–Trinajstić information content (AvgIpc) is 2.65. The van der Waals surface area contributed by atoms with E-state index in [0.29, 0.717) is 6.42 Å². The molecule has 0 radical (unpaired) electrons. The first-order valence-electron chi connectivity index (χ1n) is 7.97. The average molecular weight is 342 g/mol. The zero-order chi connectivity index (χ0) is 17.9. The van der Waals surface area contributed by atoms with Crippen LogP contribution in [-0.4, -0.2) is 31.9 Å². The second-order valence-corrected chi connectivity index (χ2v) is 5.42. The van der Waals surface area contributed by atoms with Crippen LogP contribution in [0.2, 0.25) is 0 Å². The normalized spacial score (nSPS) is 11.4. The number of hydrogen-bond donors (Lipinski definition) is 2. The molecule has 2 aromatic carbocycles. The van der Waals surface area contributed by atoms with E-state index in [-0.39, 0.29) is 19.2 Å². The first-order valence-corrected chi connectivity index (χ1v) is 7.97. The van der Waals surface area contributed by atoms with Gasteiger partial charge in [0.05, 0.1) is 0 Å². The summed E-state index contributed by atoms with van der Waals surface area (Å²) in [5, 5.41) is 5.22. The van der Waals surface area contributed by atoms with Gasteiger partial charge >= 0.3 is 6.09 Å². The maximum atomic E-state index is 12.3. The van der Waals surface area contributed by atoms with Crippen LogP contribution < -0.4 is 10.6 Å². The summed E-state index contributed by atoms with van der Waals surface area (Å²) in [5.74, 6) is -0.331. The highest BCUT2D eigenvalue weighted by molar-refractivity contribution is 5.85. The van der Waals surface area contributed by atoms with Crippen molar-refractivity contribution in [1.82, 2.24) is 10.6 Å². The molecule has 6 nitrogen and oxygen atoms in total. The summed E-state index contributed by atoms with van der Waals surface area (Å²) in [4.78, 5) is 24.3. The van der Waals surface area contributed by atoms with Crippen LogP contribution in [0, 0.1) is 0 Å². The van der Waals surface area contributed by atoms with Gasteiger partial charge in [0.2, 0.25) is 5.91 Å². The van der Waals surface area contributed by atoms with Crippen molar-refractivity contribution in [3.8, 4) is 0 Å². The van der Waals surface area contributed by atoms with Crippen molar-refractivity contribution in [2.45, 2.75) is 19.1 Å². The first kappa shape index (κ1) is 18.5. The van der Waals surface area contributed by atoms with Gasteiger partial charge in [0.1, 0.15) is 19.4 Å². The number of hydrogen-bond acceptors (Lipinski definition) is 4. The van der Waals surface area contributed by atoms with Gasteiger partial charge in [-0.2, -0.15) is 0 Å². The molecule has 0 saturated heterocycles. The minimum Gasteiger partial charge on any atom is -0.445 e. The lowest BCUT2D eigenvalue weighted by Gasteiger charge is -2.18. The molecule has 0 fully saturated rings. The van der Waals surface area contributed by atoms with Crippen LogP contribution in [0.25, 0.3) is 0 Å². The lowest BCUT2D eigenvalue weighted by molar-refractivity contribution is -0.124. The summed E-state index contributed by atoms with van der Waals surface area (Å²) >= 11 is 0. The van der Waals surface area contributed by atoms with E-state index in [1.54, 1.807) is 0 Å². The second kappa shape index (κ2) is 10.1. The minimum absolute atomic E-state index is 0.0743. The topological polar surface area (TPSA) is 76.7 Å². The van der Waals surface area contributed by atoms with Gasteiger partial charge in [-0.15, -0.1) is 0 Å². The van der Waals surface area contributed by atoms with E-state index < -0.39 is 12.1 Å². The summed E-state index contributed by atoms with van der Waals surface area (Å²) in [7, 11) is 1.48. The van der Waals surface area contributed by atoms with E-state index in [1.165, 1.54) is 7.11 Å². The maximum absolute atomic E-state index is 12.3. The number of carbonyl (C=O) groups excluding carboxylic acids is 2. The van der Waals surface area contributed by atoms with Crippen molar-refractivity contribution in [3.63, 3.8) is 0 Å². The van der Waals surface area contributed by atoms with Gasteiger partial charge in [0, 0.05) is 13.5 Å². The Bertz CT molecular complexity index is 662. The van der Waals surface area contributed by atoms with Gasteiger partial charge in [0.25, 0.3) is 0 Å². The predicted octanol–water partition coefficient (Wildman–Crippen LogP) is 2.24. The van der Waals surface area contributed by atoms with Crippen molar-refractivity contribution < 1.29 is 19.1 Å². The summed E-state index contributed by atoms with van der Waals surface area (Å²) in [6.45, 7) is 0.218. The third-order valence-corrected chi connectivity index (χ3v) is 3.49. The number of methoxy groups -OCH3 is 1. The molecule has 2 N–H and O–H groups in total. The van der Waals surface area contributed by atoms with Crippen molar-refractivity contribution in [1.29, 1.82) is 0 Å². The Labute approximate surface area is 147 Å². The van der Waals surface area contributed by atoms with E-state index in [4.69, 9.17) is 9.47 Å². The molecule has 2 amide bonds. The SMILES string of the molecule is COCNC(=O)[C@H](Cc1ccccc1)NC(=O)OCc1ccccc1. The highest BCUT2D eigenvalue weighted by atomic mass is 16.5. The standard InChI is InChI=1S/C19H22N2O4/c1-24-14-20-18(22)17(12-15-8-4-2-5-9-15)21-19(23)25-13-16-10-6-3-7-11-16/h2-11,17H,12-14H2,1H3,(H,20,22)(H,21,23)/t17-/m0/s1. The summed E-state index contributed by atoms with van der Waals surface area (Å²) in [6.07, 6.45) is -0.283. The number of nitrogens with one attached hydrogen (secondary N) is 2. The van der Waals surface area contributed by atoms with Gasteiger partial charge in [-0.1, -0.05) is 60.7 Å². The van der Waals surface area contributed by atoms with Crippen molar-refractivity contribution >= 4 is 12.0 Å². The van der Waals surface area contributed by atoms with E-state index in [9.17, 15) is 9.59 Å². The molecule has 0 unspecified atom stereocenters. The molecule has 0 heterocycles. The molecule has 132 valence electrons. The lowest BCUT2D eigenvalue weighted by Crippen LogP contribution is -2.48. The molecule has 0 aromatic heterocycles. The van der Waals surface area contributed by atoms with Crippen LogP contribution in [0.15, 0.2) is 60.7 Å². The zero-order valence-electron chi connectivity index (χ0n) is 14.1. The molecule has 0 spiro atoms. The Morgan fingerprint density at radius 1 is 0.960 bits per heavy atom. The number of benzene rings is 2. The third-order valence-electron chi connectivity index (χ3n) is 3.49. The van der Waals surface area contributed by atoms with E-state index in [1.807, 2.05) is 60.7 Å². The van der Waals surface area contributed by atoms with E-state index in [0.717, 1.165) is 11.1 Å². The molecule has 2 aromatic rings. The molecule has 25 heavy (non-hydrogen) atoms. The molecule has 6 heteroatoms.